The lowest BCUT2D eigenvalue weighted by molar-refractivity contribution is 0.0843. The first-order valence-electron chi connectivity index (χ1n) is 11.5. The molecule has 1 aliphatic rings. The van der Waals surface area contributed by atoms with Crippen LogP contribution in [0.3, 0.4) is 0 Å². The van der Waals surface area contributed by atoms with Crippen molar-refractivity contribution >= 4 is 22.8 Å². The van der Waals surface area contributed by atoms with Crippen molar-refractivity contribution < 1.29 is 14.7 Å². The number of carbonyl (C=O) groups is 2. The molecule has 3 N–H and O–H groups in total. The van der Waals surface area contributed by atoms with E-state index in [0.29, 0.717) is 33.9 Å². The molecular weight excluding hydrogens is 446 g/mol. The molecule has 10 nitrogen and oxygen atoms in total. The monoisotopic (exact) mass is 473 g/mol. The number of benzene rings is 1. The molecule has 4 aromatic rings. The van der Waals surface area contributed by atoms with Gasteiger partial charge in [-0.2, -0.15) is 10.2 Å². The van der Waals surface area contributed by atoms with E-state index in [1.165, 1.54) is 10.9 Å². The van der Waals surface area contributed by atoms with Gasteiger partial charge in [0.1, 0.15) is 0 Å². The third kappa shape index (κ3) is 4.23. The molecule has 0 unspecified atom stereocenters. The van der Waals surface area contributed by atoms with Crippen molar-refractivity contribution in [3.05, 3.63) is 65.2 Å². The number of nitrogens with one attached hydrogen (secondary N) is 2. The highest BCUT2D eigenvalue weighted by molar-refractivity contribution is 6.07. The first-order valence-corrected chi connectivity index (χ1v) is 11.5. The van der Waals surface area contributed by atoms with E-state index in [9.17, 15) is 14.7 Å². The van der Waals surface area contributed by atoms with Gasteiger partial charge in [-0.05, 0) is 58.7 Å². The SMILES string of the molecule is Cc1nn(C(C)(C)C)c2nc(C3CC3)cc(C(=O)NNC(=O)c3nn(-c4ccccc4)cc3O)c12. The normalized spacial score (nSPS) is 13.7. The third-order valence-corrected chi connectivity index (χ3v) is 5.93. The van der Waals surface area contributed by atoms with Gasteiger partial charge in [-0.25, -0.2) is 14.3 Å². The maximum atomic E-state index is 13.2. The fourth-order valence-electron chi connectivity index (χ4n) is 4.02. The molecule has 10 heteroatoms. The van der Waals surface area contributed by atoms with Gasteiger partial charge in [0.05, 0.1) is 34.1 Å². The van der Waals surface area contributed by atoms with Crippen molar-refractivity contribution in [3.63, 3.8) is 0 Å². The summed E-state index contributed by atoms with van der Waals surface area (Å²) >= 11 is 0. The number of aromatic nitrogens is 5. The first kappa shape index (κ1) is 22.6. The number of carbonyl (C=O) groups excluding carboxylic acids is 2. The smallest absolute Gasteiger partial charge is 0.294 e. The molecule has 2 amide bonds. The van der Waals surface area contributed by atoms with Crippen LogP contribution >= 0.6 is 0 Å². The highest BCUT2D eigenvalue weighted by Gasteiger charge is 2.30. The van der Waals surface area contributed by atoms with Crippen LogP contribution in [0.25, 0.3) is 16.7 Å². The van der Waals surface area contributed by atoms with Crippen LogP contribution in [0.4, 0.5) is 0 Å². The highest BCUT2D eigenvalue weighted by Crippen LogP contribution is 2.41. The number of hydrogen-bond donors (Lipinski definition) is 3. The second-order valence-corrected chi connectivity index (χ2v) is 9.79. The molecule has 35 heavy (non-hydrogen) atoms. The minimum atomic E-state index is -0.736. The van der Waals surface area contributed by atoms with Gasteiger partial charge < -0.3 is 5.11 Å². The van der Waals surface area contributed by atoms with Crippen LogP contribution in [0.1, 0.15) is 71.8 Å². The molecule has 0 saturated heterocycles. The molecule has 3 heterocycles. The van der Waals surface area contributed by atoms with E-state index in [4.69, 9.17) is 4.98 Å². The number of pyridine rings is 1. The predicted molar refractivity (Wildman–Crippen MR) is 129 cm³/mol. The van der Waals surface area contributed by atoms with Crippen molar-refractivity contribution in [2.75, 3.05) is 0 Å². The van der Waals surface area contributed by atoms with Crippen LogP contribution in [-0.4, -0.2) is 41.5 Å². The van der Waals surface area contributed by atoms with Crippen LogP contribution in [0.15, 0.2) is 42.6 Å². The summed E-state index contributed by atoms with van der Waals surface area (Å²) in [6.07, 6.45) is 3.40. The Balaban J connectivity index is 1.42. The van der Waals surface area contributed by atoms with Crippen molar-refractivity contribution in [2.45, 2.75) is 52.0 Å². The number of nitrogens with zero attached hydrogens (tertiary/aromatic N) is 5. The number of amides is 2. The molecule has 180 valence electrons. The molecule has 0 bridgehead atoms. The van der Waals surface area contributed by atoms with Gasteiger partial charge in [-0.3, -0.25) is 20.4 Å². The summed E-state index contributed by atoms with van der Waals surface area (Å²) in [6.45, 7) is 7.94. The van der Waals surface area contributed by atoms with Crippen molar-refractivity contribution in [2.24, 2.45) is 0 Å². The predicted octanol–water partition coefficient (Wildman–Crippen LogP) is 3.34. The molecular formula is C25H27N7O3. The fourth-order valence-corrected chi connectivity index (χ4v) is 4.02. The second kappa shape index (κ2) is 8.23. The number of aromatic hydroxyl groups is 1. The minimum Gasteiger partial charge on any atom is -0.504 e. The highest BCUT2D eigenvalue weighted by atomic mass is 16.3. The summed E-state index contributed by atoms with van der Waals surface area (Å²) in [6, 6.07) is 10.9. The Morgan fingerprint density at radius 1 is 1.06 bits per heavy atom. The van der Waals surface area contributed by atoms with Gasteiger partial charge in [-0.1, -0.05) is 18.2 Å². The molecule has 3 aromatic heterocycles. The lowest BCUT2D eigenvalue weighted by atomic mass is 10.1. The fraction of sp³-hybridized carbons (Fsp3) is 0.320. The van der Waals surface area contributed by atoms with Gasteiger partial charge in [0.2, 0.25) is 0 Å². The molecule has 1 aliphatic carbocycles. The summed E-state index contributed by atoms with van der Waals surface area (Å²) in [4.78, 5) is 30.8. The van der Waals surface area contributed by atoms with E-state index >= 15 is 0 Å². The number of rotatable bonds is 4. The molecule has 1 aromatic carbocycles. The Bertz CT molecular complexity index is 1440. The zero-order valence-corrected chi connectivity index (χ0v) is 20.0. The average Bonchev–Trinajstić information content (AvgIpc) is 3.52. The van der Waals surface area contributed by atoms with E-state index in [0.717, 1.165) is 18.5 Å². The standard InChI is InChI=1S/C25H27N7O3/c1-14-20-17(12-18(15-10-11-15)26-22(20)32(29-14)25(2,3)4)23(34)27-28-24(35)21-19(33)13-31(30-21)16-8-6-5-7-9-16/h5-9,12-13,15,33H,10-11H2,1-4H3,(H,27,34)(H,28,35). The lowest BCUT2D eigenvalue weighted by Gasteiger charge is -2.20. The summed E-state index contributed by atoms with van der Waals surface area (Å²) in [7, 11) is 0. The number of hydrazine groups is 1. The Morgan fingerprint density at radius 2 is 1.74 bits per heavy atom. The van der Waals surface area contributed by atoms with Gasteiger partial charge >= 0.3 is 0 Å². The van der Waals surface area contributed by atoms with E-state index in [2.05, 4.69) is 21.0 Å². The molecule has 1 fully saturated rings. The van der Waals surface area contributed by atoms with Crippen molar-refractivity contribution in [3.8, 4) is 11.4 Å². The van der Waals surface area contributed by atoms with Crippen LogP contribution in [-0.2, 0) is 5.54 Å². The molecule has 0 atom stereocenters. The lowest BCUT2D eigenvalue weighted by Crippen LogP contribution is -2.42. The van der Waals surface area contributed by atoms with E-state index in [1.807, 2.05) is 50.6 Å². The molecule has 1 saturated carbocycles. The van der Waals surface area contributed by atoms with Crippen LogP contribution < -0.4 is 10.9 Å². The van der Waals surface area contributed by atoms with E-state index < -0.39 is 11.8 Å². The van der Waals surface area contributed by atoms with Crippen molar-refractivity contribution in [1.29, 1.82) is 0 Å². The zero-order valence-electron chi connectivity index (χ0n) is 20.0. The number of para-hydroxylation sites is 1. The molecule has 5 rings (SSSR count). The second-order valence-electron chi connectivity index (χ2n) is 9.79. The largest absolute Gasteiger partial charge is 0.504 e. The quantitative estimate of drug-likeness (QED) is 0.390. The maximum absolute atomic E-state index is 13.2. The number of hydrogen-bond acceptors (Lipinski definition) is 6. The Labute approximate surface area is 201 Å². The van der Waals surface area contributed by atoms with Crippen LogP contribution in [0.2, 0.25) is 0 Å². The number of fused-ring (bicyclic) bond motifs is 1. The zero-order chi connectivity index (χ0) is 24.9. The summed E-state index contributed by atoms with van der Waals surface area (Å²) in [5.41, 5.74) is 7.56. The minimum absolute atomic E-state index is 0.204. The maximum Gasteiger partial charge on any atom is 0.294 e. The van der Waals surface area contributed by atoms with Gasteiger partial charge in [0.15, 0.2) is 17.1 Å². The van der Waals surface area contributed by atoms with E-state index in [1.54, 1.807) is 18.2 Å². The molecule has 0 spiro atoms. The van der Waals surface area contributed by atoms with Crippen LogP contribution in [0, 0.1) is 6.92 Å². The Kier molecular flexibility index (Phi) is 5.31. The average molecular weight is 474 g/mol. The summed E-state index contributed by atoms with van der Waals surface area (Å²) < 4.78 is 3.23. The topological polar surface area (TPSA) is 127 Å². The summed E-state index contributed by atoms with van der Waals surface area (Å²) in [5, 5.41) is 19.7. The van der Waals surface area contributed by atoms with E-state index in [-0.39, 0.29) is 17.0 Å². The van der Waals surface area contributed by atoms with Crippen molar-refractivity contribution in [1.82, 2.24) is 35.4 Å². The molecule has 0 aliphatic heterocycles. The summed E-state index contributed by atoms with van der Waals surface area (Å²) in [5.74, 6) is -1.21. The van der Waals surface area contributed by atoms with Gasteiger partial charge in [-0.15, -0.1) is 0 Å². The third-order valence-electron chi connectivity index (χ3n) is 5.93. The molecule has 0 radical (unpaired) electrons. The van der Waals surface area contributed by atoms with Gasteiger partial charge in [0.25, 0.3) is 11.8 Å². The number of aryl methyl sites for hydroxylation is 1. The van der Waals surface area contributed by atoms with Gasteiger partial charge in [0, 0.05) is 11.6 Å². The first-order chi connectivity index (χ1) is 16.6. The van der Waals surface area contributed by atoms with Crippen LogP contribution in [0.5, 0.6) is 5.75 Å². The Hall–Kier alpha value is -4.21. The Morgan fingerprint density at radius 3 is 2.40 bits per heavy atom.